The van der Waals surface area contributed by atoms with Gasteiger partial charge in [0.15, 0.2) is 12.4 Å². The van der Waals surface area contributed by atoms with E-state index in [1.807, 2.05) is 20.8 Å². The Hall–Kier alpha value is -2.08. The third kappa shape index (κ3) is 4.21. The molecular formula is C15H16ClFN2O3. The summed E-state index contributed by atoms with van der Waals surface area (Å²) in [6, 6.07) is 5.52. The van der Waals surface area contributed by atoms with Crippen LogP contribution in [0.2, 0.25) is 5.02 Å². The number of nitrogens with one attached hydrogen (secondary N) is 1. The fraction of sp³-hybridized carbons (Fsp3) is 0.333. The van der Waals surface area contributed by atoms with E-state index in [4.69, 9.17) is 20.9 Å². The van der Waals surface area contributed by atoms with Crippen molar-refractivity contribution in [2.45, 2.75) is 26.2 Å². The van der Waals surface area contributed by atoms with Gasteiger partial charge in [-0.05, 0) is 12.1 Å². The minimum Gasteiger partial charge on any atom is -0.484 e. The number of hydrogen-bond acceptors (Lipinski definition) is 4. The summed E-state index contributed by atoms with van der Waals surface area (Å²) >= 11 is 5.63. The smallest absolute Gasteiger partial charge is 0.263 e. The molecule has 0 saturated carbocycles. The van der Waals surface area contributed by atoms with E-state index >= 15 is 0 Å². The zero-order chi connectivity index (χ0) is 16.3. The molecule has 7 heteroatoms. The van der Waals surface area contributed by atoms with Gasteiger partial charge in [0.2, 0.25) is 0 Å². The van der Waals surface area contributed by atoms with E-state index in [2.05, 4.69) is 10.5 Å². The molecule has 0 fully saturated rings. The first-order valence-electron chi connectivity index (χ1n) is 6.60. The number of ether oxygens (including phenoxy) is 1. The van der Waals surface area contributed by atoms with Crippen LogP contribution in [0, 0.1) is 5.82 Å². The molecule has 0 unspecified atom stereocenters. The van der Waals surface area contributed by atoms with Gasteiger partial charge in [0.25, 0.3) is 5.91 Å². The highest BCUT2D eigenvalue weighted by Crippen LogP contribution is 2.24. The van der Waals surface area contributed by atoms with E-state index < -0.39 is 11.7 Å². The fourth-order valence-corrected chi connectivity index (χ4v) is 1.75. The van der Waals surface area contributed by atoms with E-state index in [-0.39, 0.29) is 17.0 Å². The normalized spacial score (nSPS) is 11.3. The monoisotopic (exact) mass is 326 g/mol. The minimum absolute atomic E-state index is 0.0655. The maximum absolute atomic E-state index is 13.0. The van der Waals surface area contributed by atoms with Gasteiger partial charge in [-0.2, -0.15) is 0 Å². The first kappa shape index (κ1) is 16.3. The molecule has 22 heavy (non-hydrogen) atoms. The van der Waals surface area contributed by atoms with Crippen LogP contribution < -0.4 is 10.1 Å². The summed E-state index contributed by atoms with van der Waals surface area (Å²) in [5.74, 6) is 0.326. The molecule has 0 atom stereocenters. The Morgan fingerprint density at radius 3 is 2.73 bits per heavy atom. The summed E-state index contributed by atoms with van der Waals surface area (Å²) in [5, 5.41) is 6.26. The lowest BCUT2D eigenvalue weighted by molar-refractivity contribution is -0.118. The second kappa shape index (κ2) is 6.36. The van der Waals surface area contributed by atoms with Gasteiger partial charge in [0, 0.05) is 17.5 Å². The Balaban J connectivity index is 1.90. The number of carbonyl (C=O) groups excluding carboxylic acids is 1. The second-order valence-electron chi connectivity index (χ2n) is 5.74. The predicted octanol–water partition coefficient (Wildman–Crippen LogP) is 3.78. The molecule has 1 aromatic heterocycles. The van der Waals surface area contributed by atoms with Gasteiger partial charge in [0.05, 0.1) is 5.02 Å². The first-order valence-corrected chi connectivity index (χ1v) is 6.98. The summed E-state index contributed by atoms with van der Waals surface area (Å²) < 4.78 is 23.4. The molecule has 0 radical (unpaired) electrons. The van der Waals surface area contributed by atoms with Crippen LogP contribution in [0.25, 0.3) is 0 Å². The molecule has 0 aliphatic carbocycles. The van der Waals surface area contributed by atoms with Crippen LogP contribution in [0.4, 0.5) is 10.2 Å². The highest BCUT2D eigenvalue weighted by molar-refractivity contribution is 6.30. The molecule has 0 aliphatic rings. The van der Waals surface area contributed by atoms with E-state index in [0.29, 0.717) is 17.3 Å². The molecule has 1 heterocycles. The quantitative estimate of drug-likeness (QED) is 0.928. The lowest BCUT2D eigenvalue weighted by Crippen LogP contribution is -2.20. The third-order valence-corrected chi connectivity index (χ3v) is 3.07. The van der Waals surface area contributed by atoms with Crippen molar-refractivity contribution >= 4 is 23.3 Å². The second-order valence-corrected chi connectivity index (χ2v) is 6.15. The molecular weight excluding hydrogens is 311 g/mol. The fourth-order valence-electron chi connectivity index (χ4n) is 1.58. The topological polar surface area (TPSA) is 64.4 Å². The largest absolute Gasteiger partial charge is 0.484 e. The molecule has 0 aliphatic heterocycles. The highest BCUT2D eigenvalue weighted by Gasteiger charge is 2.20. The molecule has 1 aromatic carbocycles. The predicted molar refractivity (Wildman–Crippen MR) is 80.7 cm³/mol. The van der Waals surface area contributed by atoms with E-state index in [0.717, 1.165) is 0 Å². The molecule has 2 aromatic rings. The summed E-state index contributed by atoms with van der Waals surface area (Å²) in [6.07, 6.45) is 0. The van der Waals surface area contributed by atoms with Crippen molar-refractivity contribution in [3.05, 3.63) is 40.9 Å². The van der Waals surface area contributed by atoms with Crippen molar-refractivity contribution in [1.82, 2.24) is 5.16 Å². The van der Waals surface area contributed by atoms with Crippen molar-refractivity contribution in [1.29, 1.82) is 0 Å². The van der Waals surface area contributed by atoms with E-state index in [1.165, 1.54) is 18.2 Å². The van der Waals surface area contributed by atoms with Crippen molar-refractivity contribution in [3.8, 4) is 5.75 Å². The summed E-state index contributed by atoms with van der Waals surface area (Å²) in [5.41, 5.74) is -0.197. The number of rotatable bonds is 4. The Labute approximate surface area is 132 Å². The lowest BCUT2D eigenvalue weighted by atomic mass is 9.93. The summed E-state index contributed by atoms with van der Waals surface area (Å²) in [7, 11) is 0. The Morgan fingerprint density at radius 2 is 2.14 bits per heavy atom. The Bertz CT molecular complexity index is 680. The van der Waals surface area contributed by atoms with Gasteiger partial charge >= 0.3 is 0 Å². The maximum atomic E-state index is 13.0. The SMILES string of the molecule is CC(C)(C)c1cc(NC(=O)COc2ccc(F)c(Cl)c2)no1. The van der Waals surface area contributed by atoms with Crippen LogP contribution in [-0.2, 0) is 10.2 Å². The molecule has 118 valence electrons. The van der Waals surface area contributed by atoms with E-state index in [9.17, 15) is 9.18 Å². The number of carbonyl (C=O) groups is 1. The van der Waals surface area contributed by atoms with Crippen molar-refractivity contribution in [2.75, 3.05) is 11.9 Å². The van der Waals surface area contributed by atoms with Gasteiger partial charge in [-0.25, -0.2) is 4.39 Å². The van der Waals surface area contributed by atoms with Crippen LogP contribution in [0.5, 0.6) is 5.75 Å². The molecule has 5 nitrogen and oxygen atoms in total. The Morgan fingerprint density at radius 1 is 1.41 bits per heavy atom. The molecule has 2 rings (SSSR count). The number of hydrogen-bond donors (Lipinski definition) is 1. The van der Waals surface area contributed by atoms with Gasteiger partial charge in [-0.3, -0.25) is 4.79 Å². The van der Waals surface area contributed by atoms with Crippen LogP contribution in [0.15, 0.2) is 28.8 Å². The number of aromatic nitrogens is 1. The third-order valence-electron chi connectivity index (χ3n) is 2.78. The van der Waals surface area contributed by atoms with Crippen molar-refractivity contribution in [2.24, 2.45) is 0 Å². The average molecular weight is 327 g/mol. The van der Waals surface area contributed by atoms with Crippen LogP contribution in [0.3, 0.4) is 0 Å². The Kier molecular flexibility index (Phi) is 4.71. The summed E-state index contributed by atoms with van der Waals surface area (Å²) in [4.78, 5) is 11.8. The first-order chi connectivity index (χ1) is 10.3. The standard InChI is InChI=1S/C15H16ClFN2O3/c1-15(2,3)12-7-13(19-22-12)18-14(20)8-21-9-4-5-11(17)10(16)6-9/h4-7H,8H2,1-3H3,(H,18,19,20). The van der Waals surface area contributed by atoms with Crippen LogP contribution >= 0.6 is 11.6 Å². The van der Waals surface area contributed by atoms with Crippen LogP contribution in [-0.4, -0.2) is 17.7 Å². The zero-order valence-corrected chi connectivity index (χ0v) is 13.2. The van der Waals surface area contributed by atoms with Gasteiger partial charge in [-0.1, -0.05) is 37.5 Å². The van der Waals surface area contributed by atoms with Gasteiger partial charge in [-0.15, -0.1) is 0 Å². The maximum Gasteiger partial charge on any atom is 0.263 e. The lowest BCUT2D eigenvalue weighted by Gasteiger charge is -2.12. The number of anilines is 1. The molecule has 0 spiro atoms. The van der Waals surface area contributed by atoms with E-state index in [1.54, 1.807) is 6.07 Å². The minimum atomic E-state index is -0.546. The number of nitrogens with zero attached hydrogens (tertiary/aromatic N) is 1. The average Bonchev–Trinajstić information content (AvgIpc) is 2.88. The number of benzene rings is 1. The van der Waals surface area contributed by atoms with Gasteiger partial charge in [0.1, 0.15) is 17.3 Å². The highest BCUT2D eigenvalue weighted by atomic mass is 35.5. The molecule has 1 N–H and O–H groups in total. The molecule has 0 saturated heterocycles. The zero-order valence-electron chi connectivity index (χ0n) is 12.4. The van der Waals surface area contributed by atoms with Gasteiger partial charge < -0.3 is 14.6 Å². The van der Waals surface area contributed by atoms with Crippen LogP contribution in [0.1, 0.15) is 26.5 Å². The summed E-state index contributed by atoms with van der Waals surface area (Å²) in [6.45, 7) is 5.67. The molecule has 0 bridgehead atoms. The van der Waals surface area contributed by atoms with Crippen molar-refractivity contribution < 1.29 is 18.4 Å². The van der Waals surface area contributed by atoms with Crippen molar-refractivity contribution in [3.63, 3.8) is 0 Å². The molecule has 1 amide bonds. The number of halogens is 2. The number of amides is 1.